The number of nitrogens with zero attached hydrogens (tertiary/aromatic N) is 3. The molecule has 2 aromatic carbocycles. The summed E-state index contributed by atoms with van der Waals surface area (Å²) in [5.74, 6) is 0. The highest BCUT2D eigenvalue weighted by molar-refractivity contribution is 6.30. The molecule has 0 bridgehead atoms. The van der Waals surface area contributed by atoms with Crippen molar-refractivity contribution in [3.05, 3.63) is 77.1 Å². The minimum absolute atomic E-state index is 0.191. The summed E-state index contributed by atoms with van der Waals surface area (Å²) in [6, 6.07) is 17.3. The van der Waals surface area contributed by atoms with Gasteiger partial charge in [0.2, 0.25) is 0 Å². The molecule has 2 N–H and O–H groups in total. The predicted octanol–water partition coefficient (Wildman–Crippen LogP) is 3.16. The number of hydrogen-bond acceptors (Lipinski definition) is 3. The van der Waals surface area contributed by atoms with Crippen molar-refractivity contribution >= 4 is 11.6 Å². The van der Waals surface area contributed by atoms with Crippen molar-refractivity contribution in [2.24, 2.45) is 5.73 Å². The van der Waals surface area contributed by atoms with E-state index < -0.39 is 0 Å². The molecule has 0 radical (unpaired) electrons. The van der Waals surface area contributed by atoms with Gasteiger partial charge in [0.25, 0.3) is 0 Å². The second kappa shape index (κ2) is 6.08. The first kappa shape index (κ1) is 13.8. The lowest BCUT2D eigenvalue weighted by atomic mass is 10.0. The van der Waals surface area contributed by atoms with Gasteiger partial charge in [0.05, 0.1) is 17.9 Å². The molecule has 4 nitrogen and oxygen atoms in total. The lowest BCUT2D eigenvalue weighted by Crippen LogP contribution is -2.14. The molecule has 21 heavy (non-hydrogen) atoms. The number of para-hydroxylation sites is 1. The van der Waals surface area contributed by atoms with Crippen molar-refractivity contribution in [2.45, 2.75) is 12.5 Å². The van der Waals surface area contributed by atoms with Gasteiger partial charge in [-0.25, -0.2) is 0 Å². The van der Waals surface area contributed by atoms with Gasteiger partial charge in [-0.1, -0.05) is 41.9 Å². The third kappa shape index (κ3) is 3.29. The average molecular weight is 299 g/mol. The van der Waals surface area contributed by atoms with Gasteiger partial charge in [0, 0.05) is 5.02 Å². The van der Waals surface area contributed by atoms with Crippen LogP contribution in [-0.2, 0) is 6.42 Å². The molecule has 0 fully saturated rings. The van der Waals surface area contributed by atoms with Gasteiger partial charge >= 0.3 is 0 Å². The van der Waals surface area contributed by atoms with Gasteiger partial charge < -0.3 is 5.73 Å². The molecule has 0 aliphatic carbocycles. The number of hydrogen-bond donors (Lipinski definition) is 1. The highest BCUT2D eigenvalue weighted by Gasteiger charge is 2.12. The van der Waals surface area contributed by atoms with Crippen LogP contribution < -0.4 is 5.73 Å². The van der Waals surface area contributed by atoms with Crippen LogP contribution in [0.4, 0.5) is 0 Å². The molecule has 0 saturated heterocycles. The summed E-state index contributed by atoms with van der Waals surface area (Å²) in [7, 11) is 0. The van der Waals surface area contributed by atoms with Gasteiger partial charge in [-0.2, -0.15) is 15.0 Å². The molecular weight excluding hydrogens is 284 g/mol. The molecule has 1 atom stereocenters. The van der Waals surface area contributed by atoms with Crippen LogP contribution in [-0.4, -0.2) is 15.0 Å². The van der Waals surface area contributed by atoms with Crippen LogP contribution >= 0.6 is 11.6 Å². The Morgan fingerprint density at radius 1 is 1.05 bits per heavy atom. The smallest absolute Gasteiger partial charge is 0.100 e. The molecule has 0 spiro atoms. The fourth-order valence-electron chi connectivity index (χ4n) is 2.11. The van der Waals surface area contributed by atoms with E-state index in [2.05, 4.69) is 10.2 Å². The van der Waals surface area contributed by atoms with E-state index in [1.54, 1.807) is 11.0 Å². The van der Waals surface area contributed by atoms with E-state index in [1.807, 2.05) is 54.6 Å². The van der Waals surface area contributed by atoms with E-state index in [-0.39, 0.29) is 6.04 Å². The summed E-state index contributed by atoms with van der Waals surface area (Å²) in [6.07, 6.45) is 2.41. The van der Waals surface area contributed by atoms with Crippen molar-refractivity contribution in [3.8, 4) is 5.69 Å². The Morgan fingerprint density at radius 2 is 1.76 bits per heavy atom. The maximum atomic E-state index is 6.21. The van der Waals surface area contributed by atoms with E-state index >= 15 is 0 Å². The summed E-state index contributed by atoms with van der Waals surface area (Å²) < 4.78 is 0. The second-order valence-corrected chi connectivity index (χ2v) is 5.27. The second-order valence-electron chi connectivity index (χ2n) is 4.83. The van der Waals surface area contributed by atoms with Crippen molar-refractivity contribution in [1.29, 1.82) is 0 Å². The standard InChI is InChI=1S/C16H15ClN4/c17-13-8-6-12(7-9-13)10-15(18)16-11-19-21(20-16)14-4-2-1-3-5-14/h1-9,11,15H,10,18H2. The lowest BCUT2D eigenvalue weighted by Gasteiger charge is -2.08. The SMILES string of the molecule is NC(Cc1ccc(Cl)cc1)c1cnn(-c2ccccc2)n1. The lowest BCUT2D eigenvalue weighted by molar-refractivity contribution is 0.666. The summed E-state index contributed by atoms with van der Waals surface area (Å²) in [5.41, 5.74) is 9.02. The largest absolute Gasteiger partial charge is 0.322 e. The predicted molar refractivity (Wildman–Crippen MR) is 83.4 cm³/mol. The molecule has 5 heteroatoms. The Morgan fingerprint density at radius 3 is 2.48 bits per heavy atom. The van der Waals surface area contributed by atoms with E-state index in [0.717, 1.165) is 22.0 Å². The Balaban J connectivity index is 1.75. The van der Waals surface area contributed by atoms with E-state index in [0.29, 0.717) is 6.42 Å². The molecule has 0 aliphatic heterocycles. The number of halogens is 1. The van der Waals surface area contributed by atoms with Crippen LogP contribution in [0.25, 0.3) is 5.69 Å². The van der Waals surface area contributed by atoms with Gasteiger partial charge in [-0.15, -0.1) is 0 Å². The van der Waals surface area contributed by atoms with E-state index in [9.17, 15) is 0 Å². The normalized spacial score (nSPS) is 12.3. The third-order valence-corrected chi connectivity index (χ3v) is 3.50. The van der Waals surface area contributed by atoms with Crippen LogP contribution in [0.1, 0.15) is 17.3 Å². The first-order valence-corrected chi connectivity index (χ1v) is 7.08. The van der Waals surface area contributed by atoms with Crippen molar-refractivity contribution in [1.82, 2.24) is 15.0 Å². The van der Waals surface area contributed by atoms with E-state index in [4.69, 9.17) is 17.3 Å². The molecule has 3 rings (SSSR count). The molecule has 106 valence electrons. The van der Waals surface area contributed by atoms with Crippen LogP contribution in [0.3, 0.4) is 0 Å². The monoisotopic (exact) mass is 298 g/mol. The van der Waals surface area contributed by atoms with Crippen LogP contribution in [0.5, 0.6) is 0 Å². The highest BCUT2D eigenvalue weighted by atomic mass is 35.5. The van der Waals surface area contributed by atoms with Crippen molar-refractivity contribution in [2.75, 3.05) is 0 Å². The van der Waals surface area contributed by atoms with E-state index in [1.165, 1.54) is 0 Å². The molecule has 0 aliphatic rings. The minimum Gasteiger partial charge on any atom is -0.322 e. The number of nitrogens with two attached hydrogens (primary N) is 1. The summed E-state index contributed by atoms with van der Waals surface area (Å²) in [4.78, 5) is 1.59. The molecule has 3 aromatic rings. The molecule has 1 unspecified atom stereocenters. The Kier molecular flexibility index (Phi) is 3.99. The zero-order valence-electron chi connectivity index (χ0n) is 11.4. The fraction of sp³-hybridized carbons (Fsp3) is 0.125. The third-order valence-electron chi connectivity index (χ3n) is 3.25. The zero-order valence-corrected chi connectivity index (χ0v) is 12.1. The maximum absolute atomic E-state index is 6.21. The first-order valence-electron chi connectivity index (χ1n) is 6.70. The van der Waals surface area contributed by atoms with Crippen LogP contribution in [0, 0.1) is 0 Å². The molecule has 1 aromatic heterocycles. The number of aromatic nitrogens is 3. The number of rotatable bonds is 4. The van der Waals surface area contributed by atoms with Crippen LogP contribution in [0.15, 0.2) is 60.8 Å². The molecule has 0 saturated carbocycles. The molecular formula is C16H15ClN4. The van der Waals surface area contributed by atoms with Gasteiger partial charge in [-0.05, 0) is 36.2 Å². The summed E-state index contributed by atoms with van der Waals surface area (Å²) >= 11 is 5.88. The summed E-state index contributed by atoms with van der Waals surface area (Å²) in [5, 5.41) is 9.44. The highest BCUT2D eigenvalue weighted by Crippen LogP contribution is 2.16. The Hall–Kier alpha value is -2.17. The van der Waals surface area contributed by atoms with Crippen molar-refractivity contribution < 1.29 is 0 Å². The quantitative estimate of drug-likeness (QED) is 0.805. The van der Waals surface area contributed by atoms with Crippen LogP contribution in [0.2, 0.25) is 5.02 Å². The van der Waals surface area contributed by atoms with Gasteiger partial charge in [-0.3, -0.25) is 0 Å². The summed E-state index contributed by atoms with van der Waals surface area (Å²) in [6.45, 7) is 0. The van der Waals surface area contributed by atoms with Gasteiger partial charge in [0.1, 0.15) is 5.69 Å². The number of benzene rings is 2. The maximum Gasteiger partial charge on any atom is 0.100 e. The Bertz CT molecular complexity index is 707. The average Bonchev–Trinajstić information content (AvgIpc) is 3.00. The molecule has 0 amide bonds. The topological polar surface area (TPSA) is 56.7 Å². The van der Waals surface area contributed by atoms with Gasteiger partial charge in [0.15, 0.2) is 0 Å². The Labute approximate surface area is 128 Å². The first-order chi connectivity index (χ1) is 10.2. The minimum atomic E-state index is -0.191. The van der Waals surface area contributed by atoms with Crippen molar-refractivity contribution in [3.63, 3.8) is 0 Å². The molecule has 1 heterocycles. The fourth-order valence-corrected chi connectivity index (χ4v) is 2.24. The zero-order chi connectivity index (χ0) is 14.7.